The van der Waals surface area contributed by atoms with E-state index in [2.05, 4.69) is 15.0 Å². The SMILES string of the molecule is O=Cc1cc(C(F)(F)c2cncnc2)cc2cccnc12. The molecule has 0 saturated heterocycles. The number of benzene rings is 1. The summed E-state index contributed by atoms with van der Waals surface area (Å²) in [6.07, 6.45) is 5.33. The molecule has 1 aromatic carbocycles. The van der Waals surface area contributed by atoms with E-state index in [-0.39, 0.29) is 16.7 Å². The third-order valence-electron chi connectivity index (χ3n) is 3.15. The molecule has 2 heterocycles. The van der Waals surface area contributed by atoms with Gasteiger partial charge in [-0.15, -0.1) is 0 Å². The lowest BCUT2D eigenvalue weighted by Gasteiger charge is -2.17. The first-order chi connectivity index (χ1) is 10.1. The number of carbonyl (C=O) groups is 1. The molecule has 0 bridgehead atoms. The average molecular weight is 285 g/mol. The summed E-state index contributed by atoms with van der Waals surface area (Å²) in [4.78, 5) is 22.4. The first-order valence-electron chi connectivity index (χ1n) is 6.10. The van der Waals surface area contributed by atoms with E-state index >= 15 is 0 Å². The highest BCUT2D eigenvalue weighted by atomic mass is 19.3. The maximum absolute atomic E-state index is 14.5. The van der Waals surface area contributed by atoms with E-state index in [4.69, 9.17) is 0 Å². The van der Waals surface area contributed by atoms with E-state index in [1.165, 1.54) is 18.6 Å². The van der Waals surface area contributed by atoms with E-state index in [9.17, 15) is 13.6 Å². The normalized spacial score (nSPS) is 11.5. The van der Waals surface area contributed by atoms with Crippen molar-refractivity contribution in [2.24, 2.45) is 0 Å². The van der Waals surface area contributed by atoms with E-state index < -0.39 is 5.92 Å². The number of aldehydes is 1. The smallest absolute Gasteiger partial charge is 0.298 e. The number of carbonyl (C=O) groups excluding carboxylic acids is 1. The molecule has 4 nitrogen and oxygen atoms in total. The van der Waals surface area contributed by atoms with Gasteiger partial charge in [-0.2, -0.15) is 8.78 Å². The molecule has 104 valence electrons. The molecule has 0 radical (unpaired) electrons. The van der Waals surface area contributed by atoms with Gasteiger partial charge in [0.15, 0.2) is 6.29 Å². The number of aromatic nitrogens is 3. The van der Waals surface area contributed by atoms with Gasteiger partial charge in [0.2, 0.25) is 0 Å². The molecule has 3 aromatic rings. The summed E-state index contributed by atoms with van der Waals surface area (Å²) in [5.74, 6) is -3.29. The van der Waals surface area contributed by atoms with E-state index in [0.717, 1.165) is 18.5 Å². The highest BCUT2D eigenvalue weighted by Gasteiger charge is 2.35. The Labute approximate surface area is 118 Å². The van der Waals surface area contributed by atoms with Crippen LogP contribution in [-0.2, 0) is 5.92 Å². The van der Waals surface area contributed by atoms with Crippen LogP contribution in [0.2, 0.25) is 0 Å². The third kappa shape index (κ3) is 2.24. The summed E-state index contributed by atoms with van der Waals surface area (Å²) in [5, 5.41) is 0.480. The zero-order valence-electron chi connectivity index (χ0n) is 10.7. The number of hydrogen-bond donors (Lipinski definition) is 0. The van der Waals surface area contributed by atoms with Crippen molar-refractivity contribution in [3.63, 3.8) is 0 Å². The fourth-order valence-corrected chi connectivity index (χ4v) is 2.12. The van der Waals surface area contributed by atoms with Gasteiger partial charge in [-0.1, -0.05) is 6.07 Å². The zero-order valence-corrected chi connectivity index (χ0v) is 10.7. The second kappa shape index (κ2) is 4.97. The molecule has 0 N–H and O–H groups in total. The Morgan fingerprint density at radius 1 is 1.10 bits per heavy atom. The second-order valence-electron chi connectivity index (χ2n) is 4.46. The van der Waals surface area contributed by atoms with Crippen molar-refractivity contribution in [2.75, 3.05) is 0 Å². The molecule has 0 unspecified atom stereocenters. The van der Waals surface area contributed by atoms with Crippen LogP contribution in [0.15, 0.2) is 49.2 Å². The summed E-state index contributed by atoms with van der Waals surface area (Å²) >= 11 is 0. The number of pyridine rings is 1. The number of hydrogen-bond acceptors (Lipinski definition) is 4. The quantitative estimate of drug-likeness (QED) is 0.694. The van der Waals surface area contributed by atoms with Gasteiger partial charge in [-0.25, -0.2) is 9.97 Å². The maximum atomic E-state index is 14.5. The number of rotatable bonds is 3. The van der Waals surface area contributed by atoms with Crippen LogP contribution in [0.25, 0.3) is 10.9 Å². The van der Waals surface area contributed by atoms with Crippen molar-refractivity contribution < 1.29 is 13.6 Å². The zero-order chi connectivity index (χ0) is 14.9. The van der Waals surface area contributed by atoms with Crippen LogP contribution >= 0.6 is 0 Å². The Balaban J connectivity index is 2.23. The Kier molecular flexibility index (Phi) is 3.13. The third-order valence-corrected chi connectivity index (χ3v) is 3.15. The number of alkyl halides is 2. The molecule has 0 saturated carbocycles. The van der Waals surface area contributed by atoms with E-state index in [1.54, 1.807) is 12.1 Å². The van der Waals surface area contributed by atoms with Crippen LogP contribution in [0.1, 0.15) is 21.5 Å². The summed E-state index contributed by atoms with van der Waals surface area (Å²) in [6, 6.07) is 5.73. The first kappa shape index (κ1) is 13.2. The summed E-state index contributed by atoms with van der Waals surface area (Å²) in [6.45, 7) is 0. The van der Waals surface area contributed by atoms with Crippen LogP contribution in [-0.4, -0.2) is 21.2 Å². The lowest BCUT2D eigenvalue weighted by Crippen LogP contribution is -2.16. The number of fused-ring (bicyclic) bond motifs is 1. The first-order valence-corrected chi connectivity index (χ1v) is 6.10. The molecule has 0 aliphatic rings. The molecule has 0 fully saturated rings. The summed E-state index contributed by atoms with van der Waals surface area (Å²) < 4.78 is 29.0. The molecule has 0 aliphatic heterocycles. The van der Waals surface area contributed by atoms with Gasteiger partial charge in [0.05, 0.1) is 11.1 Å². The lowest BCUT2D eigenvalue weighted by molar-refractivity contribution is 0.0421. The standard InChI is InChI=1S/C15H9F2N3O/c16-15(17,13-6-18-9-19-7-13)12-4-10-2-1-3-20-14(10)11(5-12)8-21/h1-9H. The van der Waals surface area contributed by atoms with Crippen molar-refractivity contribution >= 4 is 17.2 Å². The van der Waals surface area contributed by atoms with Gasteiger partial charge in [0.1, 0.15) is 6.33 Å². The van der Waals surface area contributed by atoms with Crippen molar-refractivity contribution in [3.8, 4) is 0 Å². The Bertz CT molecular complexity index is 806. The fraction of sp³-hybridized carbons (Fsp3) is 0.0667. The van der Waals surface area contributed by atoms with Gasteiger partial charge >= 0.3 is 5.92 Å². The Hall–Kier alpha value is -2.76. The molecule has 21 heavy (non-hydrogen) atoms. The molecule has 0 atom stereocenters. The minimum Gasteiger partial charge on any atom is -0.298 e. The van der Waals surface area contributed by atoms with Gasteiger partial charge in [0, 0.05) is 35.1 Å². The van der Waals surface area contributed by atoms with Gasteiger partial charge in [-0.05, 0) is 18.2 Å². The van der Waals surface area contributed by atoms with Crippen molar-refractivity contribution in [1.82, 2.24) is 15.0 Å². The maximum Gasteiger partial charge on any atom is 0.301 e. The second-order valence-corrected chi connectivity index (χ2v) is 4.46. The van der Waals surface area contributed by atoms with Crippen molar-refractivity contribution in [2.45, 2.75) is 5.92 Å². The monoisotopic (exact) mass is 285 g/mol. The molecule has 3 rings (SSSR count). The van der Waals surface area contributed by atoms with E-state index in [0.29, 0.717) is 17.2 Å². The van der Waals surface area contributed by atoms with Crippen molar-refractivity contribution in [1.29, 1.82) is 0 Å². The fourth-order valence-electron chi connectivity index (χ4n) is 2.12. The highest BCUT2D eigenvalue weighted by Crippen LogP contribution is 2.36. The lowest BCUT2D eigenvalue weighted by atomic mass is 9.98. The largest absolute Gasteiger partial charge is 0.301 e. The van der Waals surface area contributed by atoms with Crippen LogP contribution < -0.4 is 0 Å². The van der Waals surface area contributed by atoms with Gasteiger partial charge in [-0.3, -0.25) is 9.78 Å². The molecular weight excluding hydrogens is 276 g/mol. The Morgan fingerprint density at radius 3 is 2.57 bits per heavy atom. The topological polar surface area (TPSA) is 55.7 Å². The van der Waals surface area contributed by atoms with Crippen LogP contribution in [0.5, 0.6) is 0 Å². The Morgan fingerprint density at radius 2 is 1.86 bits per heavy atom. The van der Waals surface area contributed by atoms with Gasteiger partial charge < -0.3 is 0 Å². The molecule has 6 heteroatoms. The molecule has 0 amide bonds. The predicted octanol–water partition coefficient (Wildman–Crippen LogP) is 2.98. The van der Waals surface area contributed by atoms with Crippen LogP contribution in [0.4, 0.5) is 8.78 Å². The molecule has 0 aliphatic carbocycles. The van der Waals surface area contributed by atoms with Crippen molar-refractivity contribution in [3.05, 3.63) is 65.9 Å². The summed E-state index contributed by atoms with van der Waals surface area (Å²) in [7, 11) is 0. The summed E-state index contributed by atoms with van der Waals surface area (Å²) in [5.41, 5.74) is -0.0963. The van der Waals surface area contributed by atoms with Gasteiger partial charge in [0.25, 0.3) is 0 Å². The minimum atomic E-state index is -3.29. The van der Waals surface area contributed by atoms with Crippen LogP contribution in [0, 0.1) is 0 Å². The van der Waals surface area contributed by atoms with E-state index in [1.807, 2.05) is 0 Å². The average Bonchev–Trinajstić information content (AvgIpc) is 2.54. The highest BCUT2D eigenvalue weighted by molar-refractivity contribution is 5.96. The number of nitrogens with zero attached hydrogens (tertiary/aromatic N) is 3. The molecule has 0 spiro atoms. The number of halogens is 2. The molecular formula is C15H9F2N3O. The predicted molar refractivity (Wildman–Crippen MR) is 72.2 cm³/mol. The van der Waals surface area contributed by atoms with Crippen LogP contribution in [0.3, 0.4) is 0 Å². The minimum absolute atomic E-state index is 0.125. The molecule has 2 aromatic heterocycles.